The molecule has 0 N–H and O–H groups in total. The molecule has 0 spiro atoms. The molecule has 2 aliphatic carbocycles. The third-order valence-electron chi connectivity index (χ3n) is 14.0. The third kappa shape index (κ3) is 8.89. The number of fused-ring (bicyclic) bond motifs is 2. The fraction of sp³-hybridized carbons (Fsp3) is 0.448. The van der Waals surface area contributed by atoms with Crippen molar-refractivity contribution in [2.24, 2.45) is 0 Å². The molecule has 0 fully saturated rings. The van der Waals surface area contributed by atoms with Gasteiger partial charge in [0.1, 0.15) is 0 Å². The predicted octanol–water partition coefficient (Wildman–Crippen LogP) is 17.6. The zero-order valence-corrected chi connectivity index (χ0v) is 41.4. The second-order valence-corrected chi connectivity index (χ2v) is 22.4. The molecule has 0 nitrogen and oxygen atoms in total. The molecule has 0 saturated carbocycles. The van der Waals surface area contributed by atoms with Crippen molar-refractivity contribution in [1.82, 2.24) is 0 Å². The Hall–Kier alpha value is -3.28. The van der Waals surface area contributed by atoms with Crippen molar-refractivity contribution in [3.8, 4) is 19.5 Å². The van der Waals surface area contributed by atoms with Crippen LogP contribution in [0.5, 0.6) is 0 Å². The monoisotopic (exact) mass is 892 g/mol. The lowest BCUT2D eigenvalue weighted by molar-refractivity contribution is 0.667. The summed E-state index contributed by atoms with van der Waals surface area (Å²) in [6.07, 6.45) is 27.8. The van der Waals surface area contributed by atoms with Crippen LogP contribution in [0.2, 0.25) is 0 Å². The Balaban J connectivity index is 1.21. The van der Waals surface area contributed by atoms with Crippen molar-refractivity contribution in [1.29, 1.82) is 0 Å². The first-order valence-corrected chi connectivity index (χ1v) is 28.1. The maximum Gasteiger partial charge on any atom is 0.0474 e. The van der Waals surface area contributed by atoms with Crippen molar-refractivity contribution in [2.45, 2.75) is 169 Å². The van der Waals surface area contributed by atoms with Crippen molar-refractivity contribution >= 4 is 78.0 Å². The topological polar surface area (TPSA) is 0 Å². The first kappa shape index (κ1) is 43.9. The highest BCUT2D eigenvalue weighted by atomic mass is 32.1. The molecule has 4 heterocycles. The lowest BCUT2D eigenvalue weighted by Gasteiger charge is -2.09. The SMILES string of the molecule is CCCCCCc1cc(-c2sccc2CCCCCC)sc1C1=c2c3cccc4c3c(c3cccc(c23)C1)=C(c1sc(-c2sccc2CCCCCC)cc1CCCCCC)C4. The van der Waals surface area contributed by atoms with Crippen LogP contribution in [0.1, 0.15) is 174 Å². The summed E-state index contributed by atoms with van der Waals surface area (Å²) in [5.41, 5.74) is 12.6. The highest BCUT2D eigenvalue weighted by molar-refractivity contribution is 7.22. The smallest absolute Gasteiger partial charge is 0.0474 e. The quantitative estimate of drug-likeness (QED) is 0.0419. The molecular weight excluding hydrogens is 825 g/mol. The van der Waals surface area contributed by atoms with Crippen LogP contribution in [0.25, 0.3) is 52.2 Å². The van der Waals surface area contributed by atoms with Crippen molar-refractivity contribution < 1.29 is 0 Å². The Morgan fingerprint density at radius 2 is 0.790 bits per heavy atom. The van der Waals surface area contributed by atoms with E-state index in [-0.39, 0.29) is 0 Å². The van der Waals surface area contributed by atoms with Gasteiger partial charge in [-0.15, -0.1) is 45.3 Å². The zero-order chi connectivity index (χ0) is 42.4. The minimum absolute atomic E-state index is 1.03. The highest BCUT2D eigenvalue weighted by Crippen LogP contribution is 2.45. The molecule has 0 aliphatic heterocycles. The van der Waals surface area contributed by atoms with Crippen molar-refractivity contribution in [3.05, 3.63) is 125 Å². The van der Waals surface area contributed by atoms with Crippen LogP contribution in [-0.4, -0.2) is 0 Å². The Morgan fingerprint density at radius 3 is 1.18 bits per heavy atom. The fourth-order valence-electron chi connectivity index (χ4n) is 10.8. The predicted molar refractivity (Wildman–Crippen MR) is 280 cm³/mol. The van der Waals surface area contributed by atoms with Crippen LogP contribution in [0.3, 0.4) is 0 Å². The van der Waals surface area contributed by atoms with Crippen LogP contribution in [0.4, 0.5) is 0 Å². The van der Waals surface area contributed by atoms with Gasteiger partial charge in [-0.2, -0.15) is 0 Å². The normalized spacial score (nSPS) is 13.3. The second kappa shape index (κ2) is 20.7. The molecule has 0 radical (unpaired) electrons. The molecule has 7 aromatic rings. The van der Waals surface area contributed by atoms with Crippen LogP contribution in [-0.2, 0) is 38.5 Å². The summed E-state index contributed by atoms with van der Waals surface area (Å²) in [6.45, 7) is 9.31. The number of aryl methyl sites for hydroxylation is 4. The van der Waals surface area contributed by atoms with E-state index < -0.39 is 0 Å². The molecule has 2 aliphatic rings. The number of benzene rings is 3. The Kier molecular flexibility index (Phi) is 14.7. The summed E-state index contributed by atoms with van der Waals surface area (Å²) in [5, 5.41) is 13.9. The van der Waals surface area contributed by atoms with E-state index in [0.29, 0.717) is 0 Å². The standard InChI is InChI=1S/C58H68S4/c1-5-9-13-17-23-39-31-33-59-57(39)49-37-43(25-19-15-11-7-3)55(61-49)47-35-41-27-21-30-46-51(41)53(47)45-29-22-28-42-36-48(54(46)52(42)45)56-44(26-20-16-12-8-4)38-50(62-56)58-40(32-34-60-58)24-18-14-10-6-2/h21-22,27-34,37-38H,5-20,23-26,35-36H2,1-4H3. The minimum Gasteiger partial charge on any atom is -0.143 e. The number of rotatable bonds is 24. The van der Waals surface area contributed by atoms with Gasteiger partial charge in [-0.25, -0.2) is 0 Å². The van der Waals surface area contributed by atoms with Gasteiger partial charge in [-0.3, -0.25) is 0 Å². The highest BCUT2D eigenvalue weighted by Gasteiger charge is 2.29. The summed E-state index contributed by atoms with van der Waals surface area (Å²) >= 11 is 8.17. The summed E-state index contributed by atoms with van der Waals surface area (Å²) in [4.78, 5) is 9.20. The minimum atomic E-state index is 1.03. The first-order chi connectivity index (χ1) is 30.6. The van der Waals surface area contributed by atoms with Gasteiger partial charge in [-0.1, -0.05) is 141 Å². The molecule has 0 amide bonds. The van der Waals surface area contributed by atoms with Gasteiger partial charge in [0.15, 0.2) is 0 Å². The lowest BCUT2D eigenvalue weighted by Crippen LogP contribution is -2.16. The first-order valence-electron chi connectivity index (χ1n) is 24.7. The van der Waals surface area contributed by atoms with E-state index in [0.717, 1.165) is 12.8 Å². The molecule has 9 rings (SSSR count). The van der Waals surface area contributed by atoms with Gasteiger partial charge in [0.05, 0.1) is 0 Å². The van der Waals surface area contributed by atoms with Gasteiger partial charge >= 0.3 is 0 Å². The number of hydrogen-bond acceptors (Lipinski definition) is 4. The molecule has 0 saturated heterocycles. The van der Waals surface area contributed by atoms with Crippen molar-refractivity contribution in [2.75, 3.05) is 0 Å². The lowest BCUT2D eigenvalue weighted by atomic mass is 9.96. The maximum absolute atomic E-state index is 2.63. The molecule has 0 bridgehead atoms. The fourth-order valence-corrected chi connectivity index (χ4v) is 15.5. The summed E-state index contributed by atoms with van der Waals surface area (Å²) < 4.78 is 0. The number of hydrogen-bond donors (Lipinski definition) is 0. The van der Waals surface area contributed by atoms with E-state index in [1.807, 2.05) is 22.7 Å². The van der Waals surface area contributed by atoms with Crippen LogP contribution in [0, 0.1) is 0 Å². The van der Waals surface area contributed by atoms with Gasteiger partial charge in [0.2, 0.25) is 0 Å². The Morgan fingerprint density at radius 1 is 0.403 bits per heavy atom. The second-order valence-electron chi connectivity index (χ2n) is 18.5. The molecular formula is C58H68S4. The molecule has 4 aromatic heterocycles. The third-order valence-corrected chi connectivity index (χ3v) is 18.7. The average molecular weight is 893 g/mol. The van der Waals surface area contributed by atoms with Crippen LogP contribution < -0.4 is 10.4 Å². The van der Waals surface area contributed by atoms with Gasteiger partial charge in [-0.05, 0) is 163 Å². The Labute approximate surface area is 388 Å². The summed E-state index contributed by atoms with van der Waals surface area (Å²) in [5.74, 6) is 0. The van der Waals surface area contributed by atoms with E-state index in [2.05, 4.69) is 122 Å². The molecule has 0 unspecified atom stereocenters. The van der Waals surface area contributed by atoms with E-state index in [9.17, 15) is 0 Å². The molecule has 3 aromatic carbocycles. The van der Waals surface area contributed by atoms with Crippen LogP contribution in [0.15, 0.2) is 71.4 Å². The number of thiophene rings is 4. The average Bonchev–Trinajstić information content (AvgIpc) is 4.15. The summed E-state index contributed by atoms with van der Waals surface area (Å²) in [6, 6.07) is 24.8. The van der Waals surface area contributed by atoms with E-state index in [1.54, 1.807) is 53.6 Å². The van der Waals surface area contributed by atoms with E-state index >= 15 is 0 Å². The number of unbranched alkanes of at least 4 members (excludes halogenated alkanes) is 12. The molecule has 4 heteroatoms. The van der Waals surface area contributed by atoms with Gasteiger partial charge in [0, 0.05) is 42.1 Å². The van der Waals surface area contributed by atoms with Gasteiger partial charge < -0.3 is 0 Å². The molecule has 62 heavy (non-hydrogen) atoms. The Bertz CT molecular complexity index is 2570. The summed E-state index contributed by atoms with van der Waals surface area (Å²) in [7, 11) is 0. The van der Waals surface area contributed by atoms with E-state index in [4.69, 9.17) is 0 Å². The van der Waals surface area contributed by atoms with Crippen LogP contribution >= 0.6 is 45.3 Å². The zero-order valence-electron chi connectivity index (χ0n) is 38.1. The maximum atomic E-state index is 2.63. The molecule has 0 atom stereocenters. The molecule has 324 valence electrons. The van der Waals surface area contributed by atoms with E-state index in [1.165, 1.54) is 181 Å². The van der Waals surface area contributed by atoms with Gasteiger partial charge in [0.25, 0.3) is 0 Å². The largest absolute Gasteiger partial charge is 0.143 e. The van der Waals surface area contributed by atoms with Crippen molar-refractivity contribution in [3.63, 3.8) is 0 Å².